The molecular weight excluding hydrogens is 359 g/mol. The van der Waals surface area contributed by atoms with Crippen LogP contribution in [0.2, 0.25) is 10.0 Å². The van der Waals surface area contributed by atoms with Gasteiger partial charge in [0, 0.05) is 17.4 Å². The van der Waals surface area contributed by atoms with Gasteiger partial charge < -0.3 is 16.4 Å². The number of nitrogen functional groups attached to an aromatic ring is 1. The second-order valence-electron chi connectivity index (χ2n) is 4.57. The molecule has 2 amide bonds. The highest BCUT2D eigenvalue weighted by Crippen LogP contribution is 2.27. The first kappa shape index (κ1) is 17.5. The molecule has 0 aliphatic rings. The maximum Gasteiger partial charge on any atom is 0.314 e. The van der Waals surface area contributed by atoms with Crippen molar-refractivity contribution >= 4 is 57.8 Å². The van der Waals surface area contributed by atoms with E-state index in [9.17, 15) is 19.7 Å². The Bertz CT molecular complexity index is 842. The third-order valence-corrected chi connectivity index (χ3v) is 3.51. The summed E-state index contributed by atoms with van der Waals surface area (Å²) in [5.74, 6) is -1.99. The fourth-order valence-corrected chi connectivity index (χ4v) is 2.08. The number of benzene rings is 2. The highest BCUT2D eigenvalue weighted by Gasteiger charge is 2.18. The van der Waals surface area contributed by atoms with E-state index in [1.807, 2.05) is 0 Å². The number of carbonyl (C=O) groups excluding carboxylic acids is 2. The van der Waals surface area contributed by atoms with Crippen LogP contribution >= 0.6 is 23.2 Å². The summed E-state index contributed by atoms with van der Waals surface area (Å²) < 4.78 is 0. The van der Waals surface area contributed by atoms with Crippen molar-refractivity contribution in [2.45, 2.75) is 0 Å². The fraction of sp³-hybridized carbons (Fsp3) is 0. The van der Waals surface area contributed by atoms with Crippen LogP contribution in [-0.2, 0) is 9.59 Å². The lowest BCUT2D eigenvalue weighted by molar-refractivity contribution is -0.384. The molecular formula is C14H10Cl2N4O4. The van der Waals surface area contributed by atoms with E-state index in [1.165, 1.54) is 30.3 Å². The maximum atomic E-state index is 11.9. The third kappa shape index (κ3) is 4.12. The van der Waals surface area contributed by atoms with Crippen LogP contribution in [0.25, 0.3) is 0 Å². The van der Waals surface area contributed by atoms with Crippen LogP contribution in [0.15, 0.2) is 36.4 Å². The molecule has 4 N–H and O–H groups in total. The molecule has 0 radical (unpaired) electrons. The van der Waals surface area contributed by atoms with Crippen molar-refractivity contribution in [3.63, 3.8) is 0 Å². The molecule has 2 aromatic carbocycles. The van der Waals surface area contributed by atoms with E-state index in [2.05, 4.69) is 10.6 Å². The van der Waals surface area contributed by atoms with Gasteiger partial charge in [-0.25, -0.2) is 0 Å². The third-order valence-electron chi connectivity index (χ3n) is 2.87. The molecule has 0 aliphatic carbocycles. The summed E-state index contributed by atoms with van der Waals surface area (Å²) in [7, 11) is 0. The van der Waals surface area contributed by atoms with E-state index >= 15 is 0 Å². The summed E-state index contributed by atoms with van der Waals surface area (Å²) in [4.78, 5) is 33.8. The minimum absolute atomic E-state index is 0.0570. The largest absolute Gasteiger partial charge is 0.398 e. The van der Waals surface area contributed by atoms with Crippen LogP contribution < -0.4 is 16.4 Å². The Labute approximate surface area is 145 Å². The molecule has 0 bridgehead atoms. The van der Waals surface area contributed by atoms with Crippen LogP contribution in [0.1, 0.15) is 0 Å². The number of halogens is 2. The highest BCUT2D eigenvalue weighted by atomic mass is 35.5. The molecule has 0 saturated carbocycles. The molecule has 0 aromatic heterocycles. The van der Waals surface area contributed by atoms with Crippen molar-refractivity contribution in [1.82, 2.24) is 0 Å². The number of carbonyl (C=O) groups is 2. The first-order chi connectivity index (χ1) is 11.3. The van der Waals surface area contributed by atoms with Gasteiger partial charge in [0.05, 0.1) is 15.6 Å². The topological polar surface area (TPSA) is 127 Å². The summed E-state index contributed by atoms with van der Waals surface area (Å²) in [6.07, 6.45) is 0. The van der Waals surface area contributed by atoms with Gasteiger partial charge in [0.25, 0.3) is 5.69 Å². The monoisotopic (exact) mass is 368 g/mol. The molecule has 0 heterocycles. The quantitative estimate of drug-likeness (QED) is 0.332. The summed E-state index contributed by atoms with van der Waals surface area (Å²) in [6, 6.07) is 7.95. The Balaban J connectivity index is 2.09. The number of nitro benzene ring substituents is 1. The van der Waals surface area contributed by atoms with E-state index in [1.54, 1.807) is 0 Å². The van der Waals surface area contributed by atoms with Crippen LogP contribution in [-0.4, -0.2) is 16.7 Å². The predicted molar refractivity (Wildman–Crippen MR) is 91.2 cm³/mol. The van der Waals surface area contributed by atoms with Gasteiger partial charge >= 0.3 is 11.8 Å². The van der Waals surface area contributed by atoms with E-state index in [4.69, 9.17) is 28.9 Å². The number of nitrogens with one attached hydrogen (secondary N) is 2. The Morgan fingerprint density at radius 2 is 1.50 bits per heavy atom. The zero-order chi connectivity index (χ0) is 17.9. The Kier molecular flexibility index (Phi) is 5.22. The highest BCUT2D eigenvalue weighted by molar-refractivity contribution is 6.44. The van der Waals surface area contributed by atoms with Crippen molar-refractivity contribution in [3.8, 4) is 0 Å². The van der Waals surface area contributed by atoms with E-state index < -0.39 is 16.7 Å². The second kappa shape index (κ2) is 7.16. The number of hydrogen-bond donors (Lipinski definition) is 3. The summed E-state index contributed by atoms with van der Waals surface area (Å²) >= 11 is 11.5. The number of nitrogens with zero attached hydrogens (tertiary/aromatic N) is 1. The zero-order valence-electron chi connectivity index (χ0n) is 11.9. The van der Waals surface area contributed by atoms with Gasteiger partial charge in [0.2, 0.25) is 0 Å². The summed E-state index contributed by atoms with van der Waals surface area (Å²) in [5.41, 5.74) is 5.81. The minimum Gasteiger partial charge on any atom is -0.398 e. The number of anilines is 3. The van der Waals surface area contributed by atoms with Crippen molar-refractivity contribution < 1.29 is 14.5 Å². The molecule has 0 unspecified atom stereocenters. The molecule has 24 heavy (non-hydrogen) atoms. The minimum atomic E-state index is -1.01. The standard InChI is InChI=1S/C14H10Cl2N4O4/c15-9-3-1-8(6-12(9)20(23)24)19-14(22)13(21)18-7-2-4-11(17)10(16)5-7/h1-6H,17H2,(H,18,21)(H,19,22). The Morgan fingerprint density at radius 3 is 2.04 bits per heavy atom. The summed E-state index contributed by atoms with van der Waals surface area (Å²) in [5, 5.41) is 15.5. The Hall–Kier alpha value is -2.84. The normalized spacial score (nSPS) is 10.1. The molecule has 2 aromatic rings. The SMILES string of the molecule is Nc1ccc(NC(=O)C(=O)Nc2ccc(Cl)c([N+](=O)[O-])c2)cc1Cl. The molecule has 2 rings (SSSR count). The molecule has 8 nitrogen and oxygen atoms in total. The van der Waals surface area contributed by atoms with E-state index in [0.29, 0.717) is 5.69 Å². The average molecular weight is 369 g/mol. The van der Waals surface area contributed by atoms with E-state index in [0.717, 1.165) is 6.07 Å². The van der Waals surface area contributed by atoms with Crippen LogP contribution in [0.5, 0.6) is 0 Å². The number of amides is 2. The molecule has 0 saturated heterocycles. The average Bonchev–Trinajstić information content (AvgIpc) is 2.52. The molecule has 10 heteroatoms. The molecule has 0 atom stereocenters. The van der Waals surface area contributed by atoms with Crippen molar-refractivity contribution in [2.75, 3.05) is 16.4 Å². The lowest BCUT2D eigenvalue weighted by Crippen LogP contribution is -2.29. The zero-order valence-corrected chi connectivity index (χ0v) is 13.4. The Morgan fingerprint density at radius 1 is 0.958 bits per heavy atom. The van der Waals surface area contributed by atoms with Gasteiger partial charge in [0.15, 0.2) is 0 Å². The van der Waals surface area contributed by atoms with Crippen LogP contribution in [0.4, 0.5) is 22.7 Å². The van der Waals surface area contributed by atoms with E-state index in [-0.39, 0.29) is 27.1 Å². The van der Waals surface area contributed by atoms with Gasteiger partial charge in [-0.3, -0.25) is 19.7 Å². The first-order valence-corrected chi connectivity index (χ1v) is 7.15. The lowest BCUT2D eigenvalue weighted by Gasteiger charge is -2.08. The van der Waals surface area contributed by atoms with Gasteiger partial charge in [0.1, 0.15) is 5.02 Å². The second-order valence-corrected chi connectivity index (χ2v) is 5.38. The first-order valence-electron chi connectivity index (χ1n) is 6.39. The van der Waals surface area contributed by atoms with Crippen LogP contribution in [0, 0.1) is 10.1 Å². The van der Waals surface area contributed by atoms with Gasteiger partial charge in [-0.05, 0) is 30.3 Å². The van der Waals surface area contributed by atoms with Crippen molar-refractivity contribution in [3.05, 3.63) is 56.6 Å². The van der Waals surface area contributed by atoms with Gasteiger partial charge in [-0.1, -0.05) is 23.2 Å². The predicted octanol–water partition coefficient (Wildman–Crippen LogP) is 3.06. The molecule has 0 fully saturated rings. The fourth-order valence-electron chi connectivity index (χ4n) is 1.71. The lowest BCUT2D eigenvalue weighted by atomic mass is 10.2. The molecule has 124 valence electrons. The van der Waals surface area contributed by atoms with Gasteiger partial charge in [-0.2, -0.15) is 0 Å². The van der Waals surface area contributed by atoms with Gasteiger partial charge in [-0.15, -0.1) is 0 Å². The van der Waals surface area contributed by atoms with Crippen LogP contribution in [0.3, 0.4) is 0 Å². The molecule has 0 spiro atoms. The maximum absolute atomic E-state index is 11.9. The number of nitro groups is 1. The summed E-state index contributed by atoms with van der Waals surface area (Å²) in [6.45, 7) is 0. The smallest absolute Gasteiger partial charge is 0.314 e. The van der Waals surface area contributed by atoms with Crippen molar-refractivity contribution in [1.29, 1.82) is 0 Å². The number of nitrogens with two attached hydrogens (primary N) is 1. The molecule has 0 aliphatic heterocycles. The van der Waals surface area contributed by atoms with Crippen molar-refractivity contribution in [2.24, 2.45) is 0 Å². The number of rotatable bonds is 3. The number of hydrogen-bond acceptors (Lipinski definition) is 5.